The highest BCUT2D eigenvalue weighted by Crippen LogP contribution is 2.15. The van der Waals surface area contributed by atoms with Gasteiger partial charge in [-0.3, -0.25) is 19.2 Å². The normalized spacial score (nSPS) is 14.8. The number of hydrogen-bond donors (Lipinski definition) is 1. The van der Waals surface area contributed by atoms with Crippen LogP contribution >= 0.6 is 0 Å². The number of aromatic nitrogens is 2. The lowest BCUT2D eigenvalue weighted by Gasteiger charge is -2.29. The number of rotatable bonds is 7. The van der Waals surface area contributed by atoms with E-state index in [4.69, 9.17) is 4.74 Å². The van der Waals surface area contributed by atoms with Gasteiger partial charge in [-0.25, -0.2) is 0 Å². The van der Waals surface area contributed by atoms with Crippen molar-refractivity contribution in [3.63, 3.8) is 0 Å². The van der Waals surface area contributed by atoms with Crippen molar-refractivity contribution in [3.05, 3.63) is 17.0 Å². The summed E-state index contributed by atoms with van der Waals surface area (Å²) in [4.78, 5) is 27.9. The summed E-state index contributed by atoms with van der Waals surface area (Å²) in [6.45, 7) is 10.4. The Labute approximate surface area is 149 Å². The Morgan fingerprint density at radius 1 is 1.28 bits per heavy atom. The molecule has 0 spiro atoms. The number of nitrogens with zero attached hydrogens (tertiary/aromatic N) is 4. The van der Waals surface area contributed by atoms with E-state index in [9.17, 15) is 9.59 Å². The molecule has 0 aliphatic carbocycles. The molecular weight excluding hydrogens is 322 g/mol. The van der Waals surface area contributed by atoms with E-state index < -0.39 is 0 Å². The van der Waals surface area contributed by atoms with Crippen LogP contribution in [0.1, 0.15) is 23.9 Å². The van der Waals surface area contributed by atoms with Gasteiger partial charge in [0, 0.05) is 44.0 Å². The summed E-state index contributed by atoms with van der Waals surface area (Å²) in [6.07, 6.45) is 0. The Balaban J connectivity index is 1.95. The highest BCUT2D eigenvalue weighted by atomic mass is 16.5. The van der Waals surface area contributed by atoms with Crippen molar-refractivity contribution >= 4 is 11.9 Å². The fraction of sp³-hybridized carbons (Fsp3) is 0.706. The van der Waals surface area contributed by atoms with Crippen molar-refractivity contribution in [2.45, 2.75) is 33.9 Å². The number of piperazine rings is 1. The first kappa shape index (κ1) is 19.4. The molecule has 1 aromatic heterocycles. The summed E-state index contributed by atoms with van der Waals surface area (Å²) in [5.74, 6) is -0.139. The number of hydrogen-bond acceptors (Lipinski definition) is 6. The first-order chi connectivity index (χ1) is 11.9. The summed E-state index contributed by atoms with van der Waals surface area (Å²) in [5.41, 5.74) is 2.87. The molecule has 0 unspecified atom stereocenters. The van der Waals surface area contributed by atoms with E-state index in [1.54, 1.807) is 11.6 Å². The van der Waals surface area contributed by atoms with Gasteiger partial charge in [0.15, 0.2) is 0 Å². The van der Waals surface area contributed by atoms with Gasteiger partial charge in [0.05, 0.1) is 18.8 Å². The Morgan fingerprint density at radius 3 is 2.60 bits per heavy atom. The van der Waals surface area contributed by atoms with E-state index in [0.29, 0.717) is 19.7 Å². The molecule has 1 aromatic rings. The van der Waals surface area contributed by atoms with E-state index in [-0.39, 0.29) is 18.4 Å². The number of carbonyl (C=O) groups is 2. The summed E-state index contributed by atoms with van der Waals surface area (Å²) in [7, 11) is 1.93. The number of likely N-dealkylation sites (N-methyl/N-ethyl adjacent to an activating group) is 1. The van der Waals surface area contributed by atoms with Gasteiger partial charge >= 0.3 is 5.97 Å². The first-order valence-electron chi connectivity index (χ1n) is 8.78. The SMILES string of the molecule is CCOC(=O)Cn1nc(C)c(CN(C)CC(=O)N2CCNCC2)c1C. The lowest BCUT2D eigenvalue weighted by Crippen LogP contribution is -2.49. The number of esters is 1. The van der Waals surface area contributed by atoms with E-state index in [2.05, 4.69) is 10.4 Å². The topological polar surface area (TPSA) is 79.7 Å². The third-order valence-electron chi connectivity index (χ3n) is 4.42. The van der Waals surface area contributed by atoms with Gasteiger partial charge in [-0.15, -0.1) is 0 Å². The molecule has 140 valence electrons. The molecule has 2 rings (SSSR count). The highest BCUT2D eigenvalue weighted by molar-refractivity contribution is 5.78. The fourth-order valence-electron chi connectivity index (χ4n) is 3.02. The first-order valence-corrected chi connectivity index (χ1v) is 8.78. The van der Waals surface area contributed by atoms with Crippen LogP contribution < -0.4 is 5.32 Å². The molecule has 1 fully saturated rings. The average Bonchev–Trinajstić information content (AvgIpc) is 2.83. The van der Waals surface area contributed by atoms with Crippen LogP contribution in [-0.4, -0.2) is 77.8 Å². The second-order valence-electron chi connectivity index (χ2n) is 6.42. The summed E-state index contributed by atoms with van der Waals surface area (Å²) in [6, 6.07) is 0. The minimum atomic E-state index is -0.290. The lowest BCUT2D eigenvalue weighted by molar-refractivity contribution is -0.144. The second kappa shape index (κ2) is 8.96. The number of aryl methyl sites for hydroxylation is 1. The molecule has 2 heterocycles. The van der Waals surface area contributed by atoms with Gasteiger partial charge in [0.25, 0.3) is 0 Å². The van der Waals surface area contributed by atoms with Crippen LogP contribution in [0.5, 0.6) is 0 Å². The predicted octanol–water partition coefficient (Wildman–Crippen LogP) is -0.0734. The molecule has 1 N–H and O–H groups in total. The molecule has 0 saturated carbocycles. The third kappa shape index (κ3) is 5.27. The van der Waals surface area contributed by atoms with E-state index >= 15 is 0 Å². The molecule has 25 heavy (non-hydrogen) atoms. The zero-order valence-electron chi connectivity index (χ0n) is 15.7. The lowest BCUT2D eigenvalue weighted by atomic mass is 10.2. The Hall–Kier alpha value is -1.93. The Kier molecular flexibility index (Phi) is 6.95. The number of amides is 1. The quantitative estimate of drug-likeness (QED) is 0.693. The van der Waals surface area contributed by atoms with Gasteiger partial charge in [0.2, 0.25) is 5.91 Å². The summed E-state index contributed by atoms with van der Waals surface area (Å²) in [5, 5.41) is 7.69. The smallest absolute Gasteiger partial charge is 0.327 e. The zero-order valence-corrected chi connectivity index (χ0v) is 15.7. The van der Waals surface area contributed by atoms with Crippen LogP contribution in [0.2, 0.25) is 0 Å². The number of ether oxygens (including phenoxy) is 1. The van der Waals surface area contributed by atoms with Gasteiger partial charge in [-0.05, 0) is 27.8 Å². The average molecular weight is 351 g/mol. The van der Waals surface area contributed by atoms with Crippen LogP contribution in [0.25, 0.3) is 0 Å². The standard InChI is InChI=1S/C17H29N5O3/c1-5-25-17(24)12-22-14(3)15(13(2)19-22)10-20(4)11-16(23)21-8-6-18-7-9-21/h18H,5-12H2,1-4H3. The van der Waals surface area contributed by atoms with Crippen molar-refractivity contribution in [3.8, 4) is 0 Å². The fourth-order valence-corrected chi connectivity index (χ4v) is 3.02. The molecule has 8 heteroatoms. The molecule has 1 aliphatic heterocycles. The van der Waals surface area contributed by atoms with E-state index in [0.717, 1.165) is 43.1 Å². The van der Waals surface area contributed by atoms with Crippen molar-refractivity contribution in [1.29, 1.82) is 0 Å². The summed E-state index contributed by atoms with van der Waals surface area (Å²) < 4.78 is 6.66. The van der Waals surface area contributed by atoms with Crippen LogP contribution in [0.3, 0.4) is 0 Å². The molecule has 0 bridgehead atoms. The molecule has 0 atom stereocenters. The predicted molar refractivity (Wildman–Crippen MR) is 94.1 cm³/mol. The molecule has 0 radical (unpaired) electrons. The van der Waals surface area contributed by atoms with Crippen molar-refractivity contribution < 1.29 is 14.3 Å². The molecule has 0 aromatic carbocycles. The minimum Gasteiger partial charge on any atom is -0.465 e. The zero-order chi connectivity index (χ0) is 18.4. The van der Waals surface area contributed by atoms with Gasteiger partial charge in [-0.2, -0.15) is 5.10 Å². The maximum absolute atomic E-state index is 12.4. The van der Waals surface area contributed by atoms with Crippen LogP contribution in [0.15, 0.2) is 0 Å². The van der Waals surface area contributed by atoms with E-state index in [1.807, 2.05) is 30.7 Å². The van der Waals surface area contributed by atoms with Gasteiger partial charge in [-0.1, -0.05) is 0 Å². The largest absolute Gasteiger partial charge is 0.465 e. The van der Waals surface area contributed by atoms with Crippen molar-refractivity contribution in [1.82, 2.24) is 24.9 Å². The van der Waals surface area contributed by atoms with Crippen molar-refractivity contribution in [2.75, 3.05) is 46.4 Å². The molecular formula is C17H29N5O3. The third-order valence-corrected chi connectivity index (χ3v) is 4.42. The monoisotopic (exact) mass is 351 g/mol. The van der Waals surface area contributed by atoms with E-state index in [1.165, 1.54) is 0 Å². The van der Waals surface area contributed by atoms with Crippen LogP contribution in [0.4, 0.5) is 0 Å². The van der Waals surface area contributed by atoms with Crippen LogP contribution in [-0.2, 0) is 27.4 Å². The minimum absolute atomic E-state index is 0.115. The molecule has 1 amide bonds. The maximum Gasteiger partial charge on any atom is 0.327 e. The van der Waals surface area contributed by atoms with Gasteiger partial charge in [0.1, 0.15) is 6.54 Å². The molecule has 8 nitrogen and oxygen atoms in total. The Morgan fingerprint density at radius 2 is 1.96 bits per heavy atom. The number of carbonyl (C=O) groups excluding carboxylic acids is 2. The Bertz CT molecular complexity index is 608. The van der Waals surface area contributed by atoms with Gasteiger partial charge < -0.3 is 15.0 Å². The molecule has 1 saturated heterocycles. The van der Waals surface area contributed by atoms with Crippen LogP contribution in [0, 0.1) is 13.8 Å². The highest BCUT2D eigenvalue weighted by Gasteiger charge is 2.20. The number of nitrogens with one attached hydrogen (secondary N) is 1. The van der Waals surface area contributed by atoms with Crippen molar-refractivity contribution in [2.24, 2.45) is 0 Å². The summed E-state index contributed by atoms with van der Waals surface area (Å²) >= 11 is 0. The second-order valence-corrected chi connectivity index (χ2v) is 6.42. The molecule has 1 aliphatic rings. The maximum atomic E-state index is 12.4.